The van der Waals surface area contributed by atoms with E-state index in [2.05, 4.69) is 31.7 Å². The first-order valence-corrected chi connectivity index (χ1v) is 11.7. The summed E-state index contributed by atoms with van der Waals surface area (Å²) in [5.74, 6) is 0. The van der Waals surface area contributed by atoms with E-state index in [1.807, 2.05) is 11.3 Å². The third kappa shape index (κ3) is 11.7. The number of aryl methyl sites for hydroxylation is 1. The minimum Gasteiger partial charge on any atom is -0.139 e. The van der Waals surface area contributed by atoms with E-state index in [1.165, 1.54) is 101 Å². The van der Waals surface area contributed by atoms with Gasteiger partial charge in [-0.2, -0.15) is 0 Å². The number of thiophene rings is 1. The molecule has 1 heterocycles. The molecule has 0 amide bonds. The molecule has 0 fully saturated rings. The molecule has 0 aliphatic rings. The third-order valence-corrected chi connectivity index (χ3v) is 6.55. The average molecular weight is 385 g/mol. The fraction of sp³-hybridized carbons (Fsp3) is 0.762. The van der Waals surface area contributed by atoms with E-state index < -0.39 is 0 Å². The van der Waals surface area contributed by atoms with E-state index in [9.17, 15) is 0 Å². The van der Waals surface area contributed by atoms with E-state index in [1.54, 1.807) is 0 Å². The summed E-state index contributed by atoms with van der Waals surface area (Å²) in [6.07, 6.45) is 21.1. The van der Waals surface area contributed by atoms with Crippen LogP contribution >= 0.6 is 36.2 Å². The van der Waals surface area contributed by atoms with Crippen LogP contribution in [0.15, 0.2) is 12.1 Å². The lowest BCUT2D eigenvalue weighted by Crippen LogP contribution is -1.84. The number of thiol groups is 1. The SMILES string of the molecule is CCCCCCCCCCCCCCCCc1ccc(C(=S)S)s1. The van der Waals surface area contributed by atoms with Crippen molar-refractivity contribution in [2.24, 2.45) is 0 Å². The molecule has 24 heavy (non-hydrogen) atoms. The molecule has 3 heteroatoms. The molecule has 0 N–H and O–H groups in total. The highest BCUT2D eigenvalue weighted by molar-refractivity contribution is 8.12. The first kappa shape index (κ1) is 22.2. The lowest BCUT2D eigenvalue weighted by molar-refractivity contribution is 0.536. The van der Waals surface area contributed by atoms with Gasteiger partial charge in [0.2, 0.25) is 0 Å². The average Bonchev–Trinajstić information content (AvgIpc) is 3.04. The molecule has 0 atom stereocenters. The van der Waals surface area contributed by atoms with E-state index >= 15 is 0 Å². The highest BCUT2D eigenvalue weighted by Crippen LogP contribution is 2.21. The number of thiocarbonyl (C=S) groups is 1. The molecule has 1 rings (SSSR count). The van der Waals surface area contributed by atoms with Gasteiger partial charge < -0.3 is 0 Å². The molecular formula is C21H36S3. The Labute approximate surface area is 165 Å². The minimum atomic E-state index is 0.729. The van der Waals surface area contributed by atoms with E-state index in [0.717, 1.165) is 9.07 Å². The topological polar surface area (TPSA) is 0 Å². The lowest BCUT2D eigenvalue weighted by Gasteiger charge is -2.03. The van der Waals surface area contributed by atoms with Crippen molar-refractivity contribution in [2.75, 3.05) is 0 Å². The van der Waals surface area contributed by atoms with Crippen molar-refractivity contribution < 1.29 is 0 Å². The maximum atomic E-state index is 5.09. The van der Waals surface area contributed by atoms with E-state index in [0.29, 0.717) is 0 Å². The van der Waals surface area contributed by atoms with Crippen LogP contribution in [0.1, 0.15) is 107 Å². The van der Waals surface area contributed by atoms with Gasteiger partial charge in [0.25, 0.3) is 0 Å². The lowest BCUT2D eigenvalue weighted by atomic mass is 10.0. The smallest absolute Gasteiger partial charge is 0.0847 e. The summed E-state index contributed by atoms with van der Waals surface area (Å²) in [4.78, 5) is 2.61. The molecule has 0 spiro atoms. The summed E-state index contributed by atoms with van der Waals surface area (Å²) in [5.41, 5.74) is 0. The Morgan fingerprint density at radius 2 is 1.25 bits per heavy atom. The zero-order chi connectivity index (χ0) is 17.5. The van der Waals surface area contributed by atoms with Crippen LogP contribution < -0.4 is 0 Å². The van der Waals surface area contributed by atoms with Crippen molar-refractivity contribution in [1.82, 2.24) is 0 Å². The van der Waals surface area contributed by atoms with Gasteiger partial charge in [0.05, 0.1) is 9.07 Å². The highest BCUT2D eigenvalue weighted by atomic mass is 32.1. The molecule has 0 aliphatic heterocycles. The molecule has 0 nitrogen and oxygen atoms in total. The van der Waals surface area contributed by atoms with Crippen molar-refractivity contribution in [1.29, 1.82) is 0 Å². The summed E-state index contributed by atoms with van der Waals surface area (Å²) >= 11 is 11.1. The van der Waals surface area contributed by atoms with Crippen molar-refractivity contribution in [3.05, 3.63) is 21.9 Å². The summed E-state index contributed by atoms with van der Waals surface area (Å²) in [6, 6.07) is 4.32. The number of unbranched alkanes of at least 4 members (excludes halogenated alkanes) is 13. The van der Waals surface area contributed by atoms with Gasteiger partial charge in [-0.15, -0.1) is 24.0 Å². The van der Waals surface area contributed by atoms with Gasteiger partial charge >= 0.3 is 0 Å². The van der Waals surface area contributed by atoms with Gasteiger partial charge in [-0.3, -0.25) is 0 Å². The van der Waals surface area contributed by atoms with Crippen molar-refractivity contribution >= 4 is 40.4 Å². The van der Waals surface area contributed by atoms with Crippen LogP contribution in [0.5, 0.6) is 0 Å². The predicted molar refractivity (Wildman–Crippen MR) is 119 cm³/mol. The maximum Gasteiger partial charge on any atom is 0.0847 e. The Bertz CT molecular complexity index is 422. The first-order valence-electron chi connectivity index (χ1n) is 10.1. The third-order valence-electron chi connectivity index (χ3n) is 4.65. The van der Waals surface area contributed by atoms with Gasteiger partial charge in [-0.25, -0.2) is 0 Å². The van der Waals surface area contributed by atoms with E-state index in [4.69, 9.17) is 12.2 Å². The molecule has 0 saturated carbocycles. The quantitative estimate of drug-likeness (QED) is 0.170. The summed E-state index contributed by atoms with van der Waals surface area (Å²) in [6.45, 7) is 2.29. The van der Waals surface area contributed by atoms with Crippen molar-refractivity contribution in [3.8, 4) is 0 Å². The second kappa shape index (κ2) is 15.4. The molecule has 0 saturated heterocycles. The molecule has 0 radical (unpaired) electrons. The Kier molecular flexibility index (Phi) is 14.2. The largest absolute Gasteiger partial charge is 0.139 e. The summed E-state index contributed by atoms with van der Waals surface area (Å²) < 4.78 is 0.729. The molecule has 1 aromatic rings. The van der Waals surface area contributed by atoms with Gasteiger partial charge in [0.1, 0.15) is 0 Å². The molecule has 138 valence electrons. The fourth-order valence-corrected chi connectivity index (χ4v) is 4.41. The van der Waals surface area contributed by atoms with Gasteiger partial charge in [0, 0.05) is 4.88 Å². The molecule has 0 unspecified atom stereocenters. The molecular weight excluding hydrogens is 348 g/mol. The summed E-state index contributed by atoms with van der Waals surface area (Å²) in [5, 5.41) is 0. The summed E-state index contributed by atoms with van der Waals surface area (Å²) in [7, 11) is 0. The van der Waals surface area contributed by atoms with Crippen molar-refractivity contribution in [2.45, 2.75) is 103 Å². The molecule has 0 aromatic carbocycles. The molecule has 0 bridgehead atoms. The van der Waals surface area contributed by atoms with E-state index in [-0.39, 0.29) is 0 Å². The van der Waals surface area contributed by atoms with Crippen LogP contribution in [0.2, 0.25) is 0 Å². The van der Waals surface area contributed by atoms with Crippen LogP contribution in [0, 0.1) is 0 Å². The van der Waals surface area contributed by atoms with Crippen molar-refractivity contribution in [3.63, 3.8) is 0 Å². The van der Waals surface area contributed by atoms with Crippen LogP contribution in [-0.2, 0) is 6.42 Å². The maximum absolute atomic E-state index is 5.09. The van der Waals surface area contributed by atoms with Gasteiger partial charge in [-0.1, -0.05) is 103 Å². The standard InChI is InChI=1S/C21H36S3/c1-2-3-4-5-6-7-8-9-10-11-12-13-14-15-16-19-17-18-20(24-19)21(22)23/h17-18H,2-16H2,1H3,(H,22,23). The minimum absolute atomic E-state index is 0.729. The van der Waals surface area contributed by atoms with Gasteiger partial charge in [0.15, 0.2) is 0 Å². The second-order valence-electron chi connectivity index (χ2n) is 6.92. The predicted octanol–water partition coefficient (Wildman–Crippen LogP) is 8.38. The van der Waals surface area contributed by atoms with Crippen LogP contribution in [-0.4, -0.2) is 4.20 Å². The second-order valence-corrected chi connectivity index (χ2v) is 9.24. The fourth-order valence-electron chi connectivity index (χ4n) is 3.12. The number of hydrogen-bond donors (Lipinski definition) is 1. The van der Waals surface area contributed by atoms with Crippen LogP contribution in [0.3, 0.4) is 0 Å². The highest BCUT2D eigenvalue weighted by Gasteiger charge is 2.02. The van der Waals surface area contributed by atoms with Crippen LogP contribution in [0.25, 0.3) is 0 Å². The Hall–Kier alpha value is 0.140. The van der Waals surface area contributed by atoms with Crippen LogP contribution in [0.4, 0.5) is 0 Å². The normalized spacial score (nSPS) is 11.1. The Morgan fingerprint density at radius 1 is 0.792 bits per heavy atom. The number of rotatable bonds is 16. The number of hydrogen-bond acceptors (Lipinski definition) is 2. The van der Waals surface area contributed by atoms with Gasteiger partial charge in [-0.05, 0) is 25.0 Å². The molecule has 0 aliphatic carbocycles. The molecule has 1 aromatic heterocycles. The Balaban J connectivity index is 1.81. The Morgan fingerprint density at radius 3 is 1.67 bits per heavy atom. The zero-order valence-corrected chi connectivity index (χ0v) is 18.1. The first-order chi connectivity index (χ1) is 11.7. The monoisotopic (exact) mass is 384 g/mol. The zero-order valence-electron chi connectivity index (χ0n) is 15.5.